The van der Waals surface area contributed by atoms with Gasteiger partial charge in [-0.2, -0.15) is 0 Å². The first-order valence-corrected chi connectivity index (χ1v) is 10.1. The van der Waals surface area contributed by atoms with Gasteiger partial charge in [-0.15, -0.1) is 0 Å². The average molecular weight is 368 g/mol. The first-order chi connectivity index (χ1) is 14.3. The van der Waals surface area contributed by atoms with Gasteiger partial charge in [0.05, 0.1) is 0 Å². The Bertz CT molecular complexity index is 1520. The quantitative estimate of drug-likeness (QED) is 0.256. The van der Waals surface area contributed by atoms with Gasteiger partial charge in [-0.3, -0.25) is 0 Å². The molecule has 136 valence electrons. The van der Waals surface area contributed by atoms with Crippen LogP contribution in [0.25, 0.3) is 54.2 Å². The van der Waals surface area contributed by atoms with E-state index in [-0.39, 0.29) is 0 Å². The maximum atomic E-state index is 2.39. The largest absolute Gasteiger partial charge is 0.0616 e. The predicted octanol–water partition coefficient (Wildman–Crippen LogP) is 8.27. The molecule has 0 atom stereocenters. The van der Waals surface area contributed by atoms with Crippen LogP contribution in [0.1, 0.15) is 5.56 Å². The van der Waals surface area contributed by atoms with E-state index in [2.05, 4.69) is 110 Å². The predicted molar refractivity (Wildman–Crippen MR) is 127 cm³/mol. The summed E-state index contributed by atoms with van der Waals surface area (Å²) in [4.78, 5) is 0. The Kier molecular flexibility index (Phi) is 3.48. The van der Waals surface area contributed by atoms with E-state index >= 15 is 0 Å². The Balaban J connectivity index is 1.77. The maximum Gasteiger partial charge on any atom is -0.00759 e. The highest BCUT2D eigenvalue weighted by Crippen LogP contribution is 2.39. The average Bonchev–Trinajstić information content (AvgIpc) is 2.79. The first-order valence-electron chi connectivity index (χ1n) is 10.1. The van der Waals surface area contributed by atoms with E-state index in [1.54, 1.807) is 0 Å². The van der Waals surface area contributed by atoms with Gasteiger partial charge in [0.25, 0.3) is 0 Å². The minimum atomic E-state index is 1.28. The summed E-state index contributed by atoms with van der Waals surface area (Å²) >= 11 is 0. The summed E-state index contributed by atoms with van der Waals surface area (Å²) in [6, 6.07) is 37.7. The van der Waals surface area contributed by atoms with Crippen LogP contribution < -0.4 is 0 Å². The number of rotatable bonds is 1. The van der Waals surface area contributed by atoms with Crippen LogP contribution in [-0.4, -0.2) is 0 Å². The number of hydrogen-bond donors (Lipinski definition) is 0. The Morgan fingerprint density at radius 2 is 0.931 bits per heavy atom. The Morgan fingerprint density at radius 3 is 1.59 bits per heavy atom. The second-order valence-electron chi connectivity index (χ2n) is 7.83. The van der Waals surface area contributed by atoms with Crippen molar-refractivity contribution < 1.29 is 0 Å². The van der Waals surface area contributed by atoms with E-state index in [0.29, 0.717) is 0 Å². The van der Waals surface area contributed by atoms with Crippen LogP contribution in [0.15, 0.2) is 103 Å². The molecule has 0 bridgehead atoms. The molecule has 6 aromatic rings. The van der Waals surface area contributed by atoms with Gasteiger partial charge in [0, 0.05) is 0 Å². The van der Waals surface area contributed by atoms with Gasteiger partial charge in [-0.05, 0) is 72.8 Å². The van der Waals surface area contributed by atoms with Crippen LogP contribution in [0.2, 0.25) is 0 Å². The third-order valence-electron chi connectivity index (χ3n) is 6.17. The van der Waals surface area contributed by atoms with Crippen molar-refractivity contribution in [2.24, 2.45) is 0 Å². The lowest BCUT2D eigenvalue weighted by Gasteiger charge is -2.14. The number of benzene rings is 6. The molecule has 0 fully saturated rings. The SMILES string of the molecule is Cc1ccc2ccccc2c1-c1ccc2c3ccccc3c3ccccc3c2c1. The molecule has 0 radical (unpaired) electrons. The molecule has 0 unspecified atom stereocenters. The number of aryl methyl sites for hydroxylation is 1. The number of hydrogen-bond acceptors (Lipinski definition) is 0. The van der Waals surface area contributed by atoms with Crippen molar-refractivity contribution in [1.29, 1.82) is 0 Å². The lowest BCUT2D eigenvalue weighted by atomic mass is 9.89. The lowest BCUT2D eigenvalue weighted by molar-refractivity contribution is 1.49. The summed E-state index contributed by atoms with van der Waals surface area (Å²) in [5.74, 6) is 0. The van der Waals surface area contributed by atoms with Gasteiger partial charge in [0.2, 0.25) is 0 Å². The standard InChI is InChI=1S/C29H20/c1-19-14-15-20-8-2-3-9-22(20)29(19)21-16-17-27-25-12-5-4-10-23(25)24-11-6-7-13-26(24)28(27)18-21/h2-18H,1H3. The Labute approximate surface area is 170 Å². The molecular formula is C29H20. The van der Waals surface area contributed by atoms with Crippen LogP contribution in [0.3, 0.4) is 0 Å². The summed E-state index contributed by atoms with van der Waals surface area (Å²) in [6.07, 6.45) is 0. The zero-order valence-corrected chi connectivity index (χ0v) is 16.3. The highest BCUT2D eigenvalue weighted by atomic mass is 14.2. The van der Waals surface area contributed by atoms with Crippen LogP contribution >= 0.6 is 0 Å². The minimum Gasteiger partial charge on any atom is -0.0616 e. The van der Waals surface area contributed by atoms with Gasteiger partial charge >= 0.3 is 0 Å². The fourth-order valence-corrected chi connectivity index (χ4v) is 4.83. The van der Waals surface area contributed by atoms with E-state index in [4.69, 9.17) is 0 Å². The highest BCUT2D eigenvalue weighted by Gasteiger charge is 2.12. The zero-order valence-electron chi connectivity index (χ0n) is 16.3. The molecule has 0 heterocycles. The van der Waals surface area contributed by atoms with Crippen molar-refractivity contribution in [1.82, 2.24) is 0 Å². The van der Waals surface area contributed by atoms with Crippen molar-refractivity contribution in [2.75, 3.05) is 0 Å². The molecule has 0 saturated heterocycles. The van der Waals surface area contributed by atoms with Crippen LogP contribution in [0.5, 0.6) is 0 Å². The molecule has 0 N–H and O–H groups in total. The van der Waals surface area contributed by atoms with E-state index in [1.807, 2.05) is 0 Å². The first kappa shape index (κ1) is 16.3. The molecule has 6 aromatic carbocycles. The molecule has 0 aliphatic rings. The number of fused-ring (bicyclic) bond motifs is 7. The van der Waals surface area contributed by atoms with E-state index in [1.165, 1.54) is 59.8 Å². The molecular weight excluding hydrogens is 348 g/mol. The Hall–Kier alpha value is -3.64. The molecule has 0 heteroatoms. The van der Waals surface area contributed by atoms with Gasteiger partial charge in [-0.25, -0.2) is 0 Å². The third-order valence-corrected chi connectivity index (χ3v) is 6.17. The smallest absolute Gasteiger partial charge is 0.00759 e. The van der Waals surface area contributed by atoms with Crippen LogP contribution in [0, 0.1) is 6.92 Å². The molecule has 0 spiro atoms. The van der Waals surface area contributed by atoms with Crippen LogP contribution in [0.4, 0.5) is 0 Å². The van der Waals surface area contributed by atoms with Crippen molar-refractivity contribution >= 4 is 43.1 Å². The molecule has 0 saturated carbocycles. The molecule has 29 heavy (non-hydrogen) atoms. The fourth-order valence-electron chi connectivity index (χ4n) is 4.83. The van der Waals surface area contributed by atoms with E-state index in [0.717, 1.165) is 0 Å². The van der Waals surface area contributed by atoms with Crippen molar-refractivity contribution in [3.8, 4) is 11.1 Å². The van der Waals surface area contributed by atoms with E-state index in [9.17, 15) is 0 Å². The second-order valence-corrected chi connectivity index (χ2v) is 7.83. The monoisotopic (exact) mass is 368 g/mol. The van der Waals surface area contributed by atoms with Gasteiger partial charge < -0.3 is 0 Å². The summed E-state index contributed by atoms with van der Waals surface area (Å²) < 4.78 is 0. The van der Waals surface area contributed by atoms with Crippen molar-refractivity contribution in [2.45, 2.75) is 6.92 Å². The van der Waals surface area contributed by atoms with E-state index < -0.39 is 0 Å². The second kappa shape index (κ2) is 6.18. The zero-order chi connectivity index (χ0) is 19.4. The molecule has 0 amide bonds. The van der Waals surface area contributed by atoms with Crippen molar-refractivity contribution in [3.05, 3.63) is 109 Å². The summed E-state index contributed by atoms with van der Waals surface area (Å²) in [7, 11) is 0. The topological polar surface area (TPSA) is 0 Å². The third kappa shape index (κ3) is 2.39. The fraction of sp³-hybridized carbons (Fsp3) is 0.0345. The van der Waals surface area contributed by atoms with Gasteiger partial charge in [-0.1, -0.05) is 97.1 Å². The molecule has 0 nitrogen and oxygen atoms in total. The van der Waals surface area contributed by atoms with Gasteiger partial charge in [0.15, 0.2) is 0 Å². The summed E-state index contributed by atoms with van der Waals surface area (Å²) in [6.45, 7) is 2.21. The maximum absolute atomic E-state index is 2.39. The summed E-state index contributed by atoms with van der Waals surface area (Å²) in [5, 5.41) is 10.5. The van der Waals surface area contributed by atoms with Gasteiger partial charge in [0.1, 0.15) is 0 Å². The Morgan fingerprint density at radius 1 is 0.414 bits per heavy atom. The normalized spacial score (nSPS) is 11.6. The van der Waals surface area contributed by atoms with Crippen LogP contribution in [-0.2, 0) is 0 Å². The summed E-state index contributed by atoms with van der Waals surface area (Å²) in [5.41, 5.74) is 3.93. The lowest BCUT2D eigenvalue weighted by Crippen LogP contribution is -1.88. The highest BCUT2D eigenvalue weighted by molar-refractivity contribution is 6.25. The molecule has 0 aromatic heterocycles. The molecule has 6 rings (SSSR count). The van der Waals surface area contributed by atoms with Crippen molar-refractivity contribution in [3.63, 3.8) is 0 Å². The minimum absolute atomic E-state index is 1.28. The molecule has 0 aliphatic heterocycles. The molecule has 0 aliphatic carbocycles.